The normalized spacial score (nSPS) is 22.4. The number of carboxylic acids is 1. The van der Waals surface area contributed by atoms with Crippen LogP contribution in [0.25, 0.3) is 0 Å². The fourth-order valence-electron chi connectivity index (χ4n) is 3.47. The zero-order valence-corrected chi connectivity index (χ0v) is 13.9. The molecule has 22 heavy (non-hydrogen) atoms. The Balaban J connectivity index is 2.08. The van der Waals surface area contributed by atoms with Crippen molar-refractivity contribution in [2.24, 2.45) is 24.3 Å². The molecule has 0 bridgehead atoms. The maximum atomic E-state index is 12.3. The molecule has 1 fully saturated rings. The van der Waals surface area contributed by atoms with Gasteiger partial charge >= 0.3 is 5.97 Å². The number of rotatable bonds is 6. The van der Waals surface area contributed by atoms with E-state index in [0.717, 1.165) is 29.8 Å². The van der Waals surface area contributed by atoms with Gasteiger partial charge in [-0.3, -0.25) is 14.3 Å². The van der Waals surface area contributed by atoms with Crippen molar-refractivity contribution in [1.82, 2.24) is 15.1 Å². The number of aryl methyl sites for hydroxylation is 2. The van der Waals surface area contributed by atoms with Crippen LogP contribution in [0.2, 0.25) is 0 Å². The molecule has 122 valence electrons. The molecular formula is C16H25N3O3. The molecule has 1 aliphatic carbocycles. The van der Waals surface area contributed by atoms with Gasteiger partial charge in [0, 0.05) is 24.8 Å². The number of amides is 1. The highest BCUT2D eigenvalue weighted by Crippen LogP contribution is 2.58. The first-order chi connectivity index (χ1) is 10.3. The smallest absolute Gasteiger partial charge is 0.307 e. The summed E-state index contributed by atoms with van der Waals surface area (Å²) in [5.74, 6) is -2.10. The summed E-state index contributed by atoms with van der Waals surface area (Å²) in [6.07, 6.45) is 1.66. The summed E-state index contributed by atoms with van der Waals surface area (Å²) in [6.45, 7) is 8.17. The Hall–Kier alpha value is -1.85. The molecule has 2 rings (SSSR count). The van der Waals surface area contributed by atoms with E-state index in [1.165, 1.54) is 0 Å². The van der Waals surface area contributed by atoms with Crippen molar-refractivity contribution in [3.63, 3.8) is 0 Å². The average Bonchev–Trinajstić information content (AvgIpc) is 2.89. The van der Waals surface area contributed by atoms with Gasteiger partial charge in [0.25, 0.3) is 0 Å². The van der Waals surface area contributed by atoms with E-state index < -0.39 is 23.2 Å². The van der Waals surface area contributed by atoms with E-state index >= 15 is 0 Å². The molecule has 0 unspecified atom stereocenters. The van der Waals surface area contributed by atoms with Crippen LogP contribution in [0, 0.1) is 17.3 Å². The van der Waals surface area contributed by atoms with Gasteiger partial charge in [0.15, 0.2) is 0 Å². The fourth-order valence-corrected chi connectivity index (χ4v) is 3.47. The minimum Gasteiger partial charge on any atom is -0.481 e. The maximum Gasteiger partial charge on any atom is 0.307 e. The molecule has 0 radical (unpaired) electrons. The Morgan fingerprint density at radius 2 is 1.91 bits per heavy atom. The van der Waals surface area contributed by atoms with Crippen LogP contribution in [0.4, 0.5) is 0 Å². The van der Waals surface area contributed by atoms with Gasteiger partial charge in [0.1, 0.15) is 0 Å². The lowest BCUT2D eigenvalue weighted by Crippen LogP contribution is -2.27. The highest BCUT2D eigenvalue weighted by molar-refractivity contribution is 5.91. The summed E-state index contributed by atoms with van der Waals surface area (Å²) in [6, 6.07) is 0. The van der Waals surface area contributed by atoms with E-state index in [1.807, 2.05) is 32.5 Å². The van der Waals surface area contributed by atoms with Gasteiger partial charge in [-0.1, -0.05) is 27.7 Å². The lowest BCUT2D eigenvalue weighted by molar-refractivity contribution is -0.140. The molecule has 1 aromatic heterocycles. The monoisotopic (exact) mass is 307 g/mol. The first kappa shape index (κ1) is 16.5. The fraction of sp³-hybridized carbons (Fsp3) is 0.688. The van der Waals surface area contributed by atoms with E-state index in [-0.39, 0.29) is 5.91 Å². The number of nitrogens with one attached hydrogen (secondary N) is 1. The molecule has 2 N–H and O–H groups in total. The Kier molecular flexibility index (Phi) is 4.31. The minimum atomic E-state index is -0.893. The van der Waals surface area contributed by atoms with Crippen molar-refractivity contribution in [2.45, 2.75) is 47.1 Å². The van der Waals surface area contributed by atoms with Crippen LogP contribution in [0.1, 0.15) is 44.6 Å². The van der Waals surface area contributed by atoms with Crippen molar-refractivity contribution >= 4 is 11.9 Å². The molecule has 0 aromatic carbocycles. The molecule has 1 saturated carbocycles. The van der Waals surface area contributed by atoms with E-state index in [0.29, 0.717) is 6.54 Å². The predicted octanol–water partition coefficient (Wildman–Crippen LogP) is 1.52. The van der Waals surface area contributed by atoms with Gasteiger partial charge in [-0.05, 0) is 18.3 Å². The minimum absolute atomic E-state index is 0.176. The number of aliphatic carboxylic acids is 1. The lowest BCUT2D eigenvalue weighted by atomic mass is 10.1. The number of nitrogens with zero attached hydrogens (tertiary/aromatic N) is 2. The Morgan fingerprint density at radius 1 is 1.27 bits per heavy atom. The van der Waals surface area contributed by atoms with Crippen molar-refractivity contribution in [1.29, 1.82) is 0 Å². The van der Waals surface area contributed by atoms with Gasteiger partial charge in [0.05, 0.1) is 17.5 Å². The van der Waals surface area contributed by atoms with E-state index in [4.69, 9.17) is 5.11 Å². The first-order valence-corrected chi connectivity index (χ1v) is 7.79. The van der Waals surface area contributed by atoms with Crippen LogP contribution >= 0.6 is 0 Å². The second-order valence-corrected chi connectivity index (χ2v) is 6.54. The number of carbonyl (C=O) groups is 2. The molecule has 1 aromatic rings. The van der Waals surface area contributed by atoms with Crippen molar-refractivity contribution in [3.8, 4) is 0 Å². The number of carboxylic acid groups (broad SMARTS) is 1. The molecule has 6 heteroatoms. The third kappa shape index (κ3) is 2.62. The van der Waals surface area contributed by atoms with Gasteiger partial charge in [-0.25, -0.2) is 0 Å². The second kappa shape index (κ2) is 5.74. The van der Waals surface area contributed by atoms with Gasteiger partial charge in [0.2, 0.25) is 5.91 Å². The van der Waals surface area contributed by atoms with E-state index in [2.05, 4.69) is 17.3 Å². The maximum absolute atomic E-state index is 12.3. The summed E-state index contributed by atoms with van der Waals surface area (Å²) in [5.41, 5.74) is 2.70. The molecule has 2 atom stereocenters. The zero-order valence-electron chi connectivity index (χ0n) is 13.9. The van der Waals surface area contributed by atoms with E-state index in [9.17, 15) is 9.59 Å². The standard InChI is InChI=1S/C16H25N3O3/c1-6-10-9(11(7-2)19(5)18-10)8-17-14(20)12-13(15(21)22)16(12,3)4/h12-13H,6-8H2,1-5H3,(H,17,20)(H,21,22)/t12-,13+/m0/s1. The average molecular weight is 307 g/mol. The molecule has 0 aliphatic heterocycles. The summed E-state index contributed by atoms with van der Waals surface area (Å²) in [4.78, 5) is 23.5. The number of hydrogen-bond acceptors (Lipinski definition) is 3. The number of carbonyl (C=O) groups excluding carboxylic acids is 1. The summed E-state index contributed by atoms with van der Waals surface area (Å²) < 4.78 is 1.86. The molecule has 1 amide bonds. The highest BCUT2D eigenvalue weighted by Gasteiger charge is 2.65. The topological polar surface area (TPSA) is 84.2 Å². The van der Waals surface area contributed by atoms with Gasteiger partial charge < -0.3 is 10.4 Å². The Bertz CT molecular complexity index is 604. The molecule has 1 aliphatic rings. The summed E-state index contributed by atoms with van der Waals surface area (Å²) in [5, 5.41) is 16.6. The van der Waals surface area contributed by atoms with Gasteiger partial charge in [-0.2, -0.15) is 5.10 Å². The van der Waals surface area contributed by atoms with Crippen LogP contribution in [0.5, 0.6) is 0 Å². The largest absolute Gasteiger partial charge is 0.481 e. The van der Waals surface area contributed by atoms with Crippen LogP contribution in [-0.4, -0.2) is 26.8 Å². The highest BCUT2D eigenvalue weighted by atomic mass is 16.4. The Morgan fingerprint density at radius 3 is 2.36 bits per heavy atom. The molecule has 0 spiro atoms. The quantitative estimate of drug-likeness (QED) is 0.834. The van der Waals surface area contributed by atoms with Crippen LogP contribution in [0.3, 0.4) is 0 Å². The van der Waals surface area contributed by atoms with Crippen LogP contribution in [0.15, 0.2) is 0 Å². The second-order valence-electron chi connectivity index (χ2n) is 6.54. The SMILES string of the molecule is CCc1nn(C)c(CC)c1CNC(=O)[C@@H]1[C@H](C(=O)O)C1(C)C. The Labute approximate surface area is 130 Å². The third-order valence-corrected chi connectivity index (χ3v) is 4.84. The van der Waals surface area contributed by atoms with Crippen molar-refractivity contribution in [3.05, 3.63) is 17.0 Å². The summed E-state index contributed by atoms with van der Waals surface area (Å²) in [7, 11) is 1.91. The molecule has 0 saturated heterocycles. The number of hydrogen-bond donors (Lipinski definition) is 2. The molecule has 1 heterocycles. The van der Waals surface area contributed by atoms with Crippen molar-refractivity contribution in [2.75, 3.05) is 0 Å². The van der Waals surface area contributed by atoms with Crippen LogP contribution < -0.4 is 5.32 Å². The first-order valence-electron chi connectivity index (χ1n) is 7.79. The van der Waals surface area contributed by atoms with Crippen molar-refractivity contribution < 1.29 is 14.7 Å². The third-order valence-electron chi connectivity index (χ3n) is 4.84. The van der Waals surface area contributed by atoms with Crippen LogP contribution in [-0.2, 0) is 36.0 Å². The van der Waals surface area contributed by atoms with E-state index in [1.54, 1.807) is 0 Å². The number of aromatic nitrogens is 2. The van der Waals surface area contributed by atoms with Gasteiger partial charge in [-0.15, -0.1) is 0 Å². The molecule has 6 nitrogen and oxygen atoms in total. The lowest BCUT2D eigenvalue weighted by Gasteiger charge is -2.08. The zero-order chi connectivity index (χ0) is 16.7. The summed E-state index contributed by atoms with van der Waals surface area (Å²) >= 11 is 0. The predicted molar refractivity (Wildman–Crippen MR) is 82.2 cm³/mol. The molecular weight excluding hydrogens is 282 g/mol.